The minimum atomic E-state index is -3.68. The van der Waals surface area contributed by atoms with E-state index in [0.29, 0.717) is 43.4 Å². The van der Waals surface area contributed by atoms with Crippen molar-refractivity contribution >= 4 is 27.3 Å². The molecule has 1 N–H and O–H groups in total. The molecule has 0 bridgehead atoms. The Morgan fingerprint density at radius 1 is 0.750 bits per heavy atom. The summed E-state index contributed by atoms with van der Waals surface area (Å²) in [6.45, 7) is 1.81. The van der Waals surface area contributed by atoms with Crippen LogP contribution in [0.5, 0.6) is 17.2 Å². The minimum Gasteiger partial charge on any atom is -0.496 e. The summed E-state index contributed by atoms with van der Waals surface area (Å²) >= 11 is 0. The van der Waals surface area contributed by atoms with Crippen LogP contribution in [-0.4, -0.2) is 66.1 Å². The molecular formula is C26H29N3O6S. The summed E-state index contributed by atoms with van der Waals surface area (Å²) in [6.07, 6.45) is 0. The largest absolute Gasteiger partial charge is 0.496 e. The normalized spacial score (nSPS) is 14.2. The Morgan fingerprint density at radius 2 is 1.31 bits per heavy atom. The predicted octanol–water partition coefficient (Wildman–Crippen LogP) is 3.48. The Labute approximate surface area is 211 Å². The van der Waals surface area contributed by atoms with Gasteiger partial charge in [-0.1, -0.05) is 18.2 Å². The second-order valence-corrected chi connectivity index (χ2v) is 10.0. The second kappa shape index (κ2) is 10.9. The van der Waals surface area contributed by atoms with Crippen molar-refractivity contribution in [2.75, 3.05) is 57.7 Å². The van der Waals surface area contributed by atoms with Gasteiger partial charge < -0.3 is 24.4 Å². The van der Waals surface area contributed by atoms with E-state index in [2.05, 4.69) is 10.2 Å². The number of methoxy groups -OCH3 is 3. The van der Waals surface area contributed by atoms with Crippen molar-refractivity contribution in [2.45, 2.75) is 4.90 Å². The lowest BCUT2D eigenvalue weighted by Crippen LogP contribution is -2.48. The van der Waals surface area contributed by atoms with Crippen molar-refractivity contribution in [3.8, 4) is 17.2 Å². The average molecular weight is 512 g/mol. The first-order valence-corrected chi connectivity index (χ1v) is 12.8. The summed E-state index contributed by atoms with van der Waals surface area (Å²) in [7, 11) is 0.891. The van der Waals surface area contributed by atoms with E-state index in [0.717, 1.165) is 11.4 Å². The number of carbonyl (C=O) groups excluding carboxylic acids is 1. The fourth-order valence-corrected chi connectivity index (χ4v) is 5.61. The van der Waals surface area contributed by atoms with Crippen molar-refractivity contribution in [1.29, 1.82) is 0 Å². The third-order valence-electron chi connectivity index (χ3n) is 6.07. The molecule has 10 heteroatoms. The van der Waals surface area contributed by atoms with Crippen molar-refractivity contribution in [2.24, 2.45) is 0 Å². The molecular weight excluding hydrogens is 482 g/mol. The number of nitrogens with zero attached hydrogens (tertiary/aromatic N) is 2. The maximum atomic E-state index is 13.2. The van der Waals surface area contributed by atoms with Crippen LogP contribution in [0.15, 0.2) is 71.6 Å². The van der Waals surface area contributed by atoms with Crippen LogP contribution >= 0.6 is 0 Å². The van der Waals surface area contributed by atoms with Crippen LogP contribution in [0.2, 0.25) is 0 Å². The molecule has 0 saturated carbocycles. The van der Waals surface area contributed by atoms with E-state index in [1.54, 1.807) is 37.4 Å². The lowest BCUT2D eigenvalue weighted by molar-refractivity contribution is 0.102. The maximum absolute atomic E-state index is 13.2. The number of benzene rings is 3. The molecule has 0 unspecified atom stereocenters. The smallest absolute Gasteiger partial charge is 0.263 e. The molecule has 190 valence electrons. The average Bonchev–Trinajstić information content (AvgIpc) is 2.92. The molecule has 0 aromatic heterocycles. The topological polar surface area (TPSA) is 97.4 Å². The molecule has 0 radical (unpaired) electrons. The molecule has 0 atom stereocenters. The first-order chi connectivity index (χ1) is 17.4. The highest BCUT2D eigenvalue weighted by molar-refractivity contribution is 7.89. The van der Waals surface area contributed by atoms with Gasteiger partial charge in [-0.25, -0.2) is 8.42 Å². The van der Waals surface area contributed by atoms with E-state index in [-0.39, 0.29) is 10.5 Å². The van der Waals surface area contributed by atoms with E-state index in [1.165, 1.54) is 30.7 Å². The SMILES string of the molecule is COc1ccccc1N1CCN(S(=O)(=O)c2ccc(NC(=O)c3c(OC)cccc3OC)cc2)CC1. The third-order valence-corrected chi connectivity index (χ3v) is 7.98. The van der Waals surface area contributed by atoms with Crippen LogP contribution in [-0.2, 0) is 10.0 Å². The van der Waals surface area contributed by atoms with Crippen LogP contribution in [0.3, 0.4) is 0 Å². The lowest BCUT2D eigenvalue weighted by atomic mass is 10.1. The predicted molar refractivity (Wildman–Crippen MR) is 138 cm³/mol. The van der Waals surface area contributed by atoms with Gasteiger partial charge in [0.1, 0.15) is 22.8 Å². The first kappa shape index (κ1) is 25.3. The van der Waals surface area contributed by atoms with Gasteiger partial charge in [0, 0.05) is 31.9 Å². The molecule has 1 heterocycles. The lowest BCUT2D eigenvalue weighted by Gasteiger charge is -2.35. The summed E-state index contributed by atoms with van der Waals surface area (Å²) in [5, 5.41) is 2.77. The highest BCUT2D eigenvalue weighted by Gasteiger charge is 2.29. The van der Waals surface area contributed by atoms with Crippen molar-refractivity contribution in [3.63, 3.8) is 0 Å². The maximum Gasteiger partial charge on any atom is 0.263 e. The zero-order valence-electron chi connectivity index (χ0n) is 20.4. The van der Waals surface area contributed by atoms with E-state index >= 15 is 0 Å². The number of nitrogens with one attached hydrogen (secondary N) is 1. The number of hydrogen-bond donors (Lipinski definition) is 1. The summed E-state index contributed by atoms with van der Waals surface area (Å²) in [5.74, 6) is 1.08. The molecule has 1 amide bonds. The molecule has 36 heavy (non-hydrogen) atoms. The number of piperazine rings is 1. The Morgan fingerprint density at radius 3 is 1.89 bits per heavy atom. The number of carbonyl (C=O) groups is 1. The Bertz CT molecular complexity index is 1300. The van der Waals surface area contributed by atoms with E-state index < -0.39 is 15.9 Å². The Balaban J connectivity index is 1.44. The molecule has 4 rings (SSSR count). The van der Waals surface area contributed by atoms with Crippen LogP contribution in [0, 0.1) is 0 Å². The minimum absolute atomic E-state index is 0.168. The summed E-state index contributed by atoms with van der Waals surface area (Å²) < 4.78 is 44.0. The van der Waals surface area contributed by atoms with Crippen molar-refractivity contribution in [1.82, 2.24) is 4.31 Å². The molecule has 1 aliphatic heterocycles. The highest BCUT2D eigenvalue weighted by atomic mass is 32.2. The molecule has 3 aromatic carbocycles. The molecule has 1 aliphatic rings. The van der Waals surface area contributed by atoms with Gasteiger partial charge in [0.2, 0.25) is 10.0 Å². The van der Waals surface area contributed by atoms with Crippen LogP contribution in [0.25, 0.3) is 0 Å². The molecule has 3 aromatic rings. The van der Waals surface area contributed by atoms with Crippen LogP contribution in [0.1, 0.15) is 10.4 Å². The van der Waals surface area contributed by atoms with Crippen molar-refractivity contribution < 1.29 is 27.4 Å². The number of ether oxygens (including phenoxy) is 3. The van der Waals surface area contributed by atoms with Gasteiger partial charge in [-0.2, -0.15) is 4.31 Å². The molecule has 9 nitrogen and oxygen atoms in total. The molecule has 0 spiro atoms. The van der Waals surface area contributed by atoms with E-state index in [4.69, 9.17) is 14.2 Å². The van der Waals surface area contributed by atoms with Gasteiger partial charge in [-0.15, -0.1) is 0 Å². The quantitative estimate of drug-likeness (QED) is 0.495. The van der Waals surface area contributed by atoms with Gasteiger partial charge in [0.25, 0.3) is 5.91 Å². The fraction of sp³-hybridized carbons (Fsp3) is 0.269. The monoisotopic (exact) mass is 511 g/mol. The number of anilines is 2. The van der Waals surface area contributed by atoms with E-state index in [9.17, 15) is 13.2 Å². The van der Waals surface area contributed by atoms with Gasteiger partial charge in [0.05, 0.1) is 31.9 Å². The molecule has 1 saturated heterocycles. The highest BCUT2D eigenvalue weighted by Crippen LogP contribution is 2.31. The van der Waals surface area contributed by atoms with Crippen LogP contribution in [0.4, 0.5) is 11.4 Å². The second-order valence-electron chi connectivity index (χ2n) is 8.08. The fourth-order valence-electron chi connectivity index (χ4n) is 4.19. The third kappa shape index (κ3) is 5.09. The number of sulfonamides is 1. The number of para-hydroxylation sites is 2. The number of amides is 1. The summed E-state index contributed by atoms with van der Waals surface area (Å²) in [4.78, 5) is 15.2. The van der Waals surface area contributed by atoms with Gasteiger partial charge in [0.15, 0.2) is 0 Å². The number of rotatable bonds is 8. The zero-order chi connectivity index (χ0) is 25.7. The molecule has 0 aliphatic carbocycles. The van der Waals surface area contributed by atoms with Gasteiger partial charge in [-0.05, 0) is 48.5 Å². The standard InChI is InChI=1S/C26H29N3O6S/c1-33-22-8-5-4-7-21(22)28-15-17-29(18-16-28)36(31,32)20-13-11-19(12-14-20)27-26(30)25-23(34-2)9-6-10-24(25)35-3/h4-14H,15-18H2,1-3H3,(H,27,30). The van der Waals surface area contributed by atoms with Crippen molar-refractivity contribution in [3.05, 3.63) is 72.3 Å². The first-order valence-electron chi connectivity index (χ1n) is 11.4. The van der Waals surface area contributed by atoms with Gasteiger partial charge in [-0.3, -0.25) is 4.79 Å². The van der Waals surface area contributed by atoms with Gasteiger partial charge >= 0.3 is 0 Å². The number of hydrogen-bond acceptors (Lipinski definition) is 7. The zero-order valence-corrected chi connectivity index (χ0v) is 21.2. The molecule has 1 fully saturated rings. The van der Waals surface area contributed by atoms with Crippen LogP contribution < -0.4 is 24.4 Å². The summed E-state index contributed by atoms with van der Waals surface area (Å²) in [6, 6.07) is 18.9. The Kier molecular flexibility index (Phi) is 7.66. The Hall–Kier alpha value is -3.76. The van der Waals surface area contributed by atoms with E-state index in [1.807, 2.05) is 24.3 Å². The summed E-state index contributed by atoms with van der Waals surface area (Å²) in [5.41, 5.74) is 1.66.